The number of aliphatic carboxylic acids is 1. The van der Waals surface area contributed by atoms with Gasteiger partial charge in [-0.1, -0.05) is 86.3 Å². The summed E-state index contributed by atoms with van der Waals surface area (Å²) in [7, 11) is 1.56. The first-order valence-corrected chi connectivity index (χ1v) is 39.9. The molecule has 0 saturated carbocycles. The average molecular weight is 1670 g/mol. The molecule has 12 atom stereocenters. The van der Waals surface area contributed by atoms with Crippen molar-refractivity contribution in [1.29, 1.82) is 0 Å². The Bertz CT molecular complexity index is 4530. The third kappa shape index (κ3) is 29.5. The number of aromatic nitrogens is 3. The maximum atomic E-state index is 14.7. The van der Waals surface area contributed by atoms with Gasteiger partial charge in [0, 0.05) is 66.3 Å². The predicted molar refractivity (Wildman–Crippen MR) is 442 cm³/mol. The Balaban J connectivity index is 1.04. The Morgan fingerprint density at radius 2 is 1.17 bits per heavy atom. The standard InChI is InChI=1S/C81H108N20O17S/c1-45(2)41-62-78(115)93-57(30-35-82)73(110)92-60(33-38-85)77(114)99-69(46(3)102)80(117)88-40-34-61(76(113)91-58(31-36-83)75(112)97-63(79(116)96-62)42-48-13-7-6-8-14-48)94-74(111)59(32-37-84)95-81(118)70(47(4)103)98-67(105)28-27-66(104)90-56(26-29-68(106)107)72(109)89-51-20-18-49(19-21-51)44-101-64-43-52(119-65-17-10-9-16-54(65)71(108)86-5)23-24-53(64)55(100-101)25-22-50-15-11-12-39-87-50/h6-25,39,43,45-47,56-63,69-70,102-103H,26-38,40-42,44,82-85H2,1-5H3,(H,86,108)(H,88,117)(H,89,109)(H,90,104)(H,91,113)(H,92,110)(H,93,115)(H,94,111)(H,95,118)(H,96,116)(H,97,112)(H,98,105)(H,99,114)(H,106,107)/b25-22+/t46-,47+,56+,57+,58+,59+,60+,61+,62+,63-,69+,70+/m1/s1. The number of amides is 13. The number of carbonyl (C=O) groups is 14. The van der Waals surface area contributed by atoms with Crippen LogP contribution in [-0.4, -0.2) is 225 Å². The Hall–Kier alpha value is -12.1. The third-order valence-corrected chi connectivity index (χ3v) is 20.1. The van der Waals surface area contributed by atoms with Crippen LogP contribution in [-0.2, 0) is 75.3 Å². The Kier molecular flexibility index (Phi) is 37.4. The topological polar surface area (TPSA) is 591 Å². The van der Waals surface area contributed by atoms with Crippen LogP contribution in [0.1, 0.15) is 125 Å². The highest BCUT2D eigenvalue weighted by Gasteiger charge is 2.38. The molecule has 640 valence electrons. The van der Waals surface area contributed by atoms with Gasteiger partial charge in [-0.2, -0.15) is 5.10 Å². The molecular formula is C81H108N20O17S. The number of hydrogen-bond donors (Lipinski definition) is 20. The van der Waals surface area contributed by atoms with Crippen molar-refractivity contribution in [1.82, 2.24) is 78.6 Å². The number of anilines is 1. The maximum absolute atomic E-state index is 14.7. The fraction of sp³-hybridized carbons (Fsp3) is 0.432. The molecule has 1 aliphatic rings. The van der Waals surface area contributed by atoms with E-state index in [2.05, 4.69) is 74.1 Å². The minimum atomic E-state index is -1.83. The number of nitrogens with one attached hydrogen (secondary N) is 13. The van der Waals surface area contributed by atoms with Crippen molar-refractivity contribution in [3.8, 4) is 0 Å². The van der Waals surface area contributed by atoms with Gasteiger partial charge >= 0.3 is 5.97 Å². The van der Waals surface area contributed by atoms with Gasteiger partial charge in [0.1, 0.15) is 60.4 Å². The molecule has 119 heavy (non-hydrogen) atoms. The zero-order chi connectivity index (χ0) is 86.8. The minimum absolute atomic E-state index is 0.0122. The lowest BCUT2D eigenvalue weighted by atomic mass is 10.00. The molecule has 0 aliphatic carbocycles. The molecule has 1 saturated heterocycles. The second-order valence-corrected chi connectivity index (χ2v) is 30.0. The summed E-state index contributed by atoms with van der Waals surface area (Å²) in [6.45, 7) is 4.71. The number of carboxylic acid groups (broad SMARTS) is 1. The number of nitrogens with zero attached hydrogens (tertiary/aromatic N) is 3. The number of carbonyl (C=O) groups excluding carboxylic acids is 13. The molecule has 38 heteroatoms. The van der Waals surface area contributed by atoms with Crippen molar-refractivity contribution in [2.75, 3.05) is 45.1 Å². The van der Waals surface area contributed by atoms with Crippen molar-refractivity contribution in [2.45, 2.75) is 187 Å². The fourth-order valence-electron chi connectivity index (χ4n) is 12.7. The molecule has 3 heterocycles. The Labute approximate surface area is 691 Å². The summed E-state index contributed by atoms with van der Waals surface area (Å²) >= 11 is 1.42. The average Bonchev–Trinajstić information content (AvgIpc) is 1.64. The molecule has 7 rings (SSSR count). The van der Waals surface area contributed by atoms with Crippen LogP contribution in [0.4, 0.5) is 5.69 Å². The fourth-order valence-corrected chi connectivity index (χ4v) is 13.7. The van der Waals surface area contributed by atoms with Gasteiger partial charge in [0.2, 0.25) is 70.9 Å². The lowest BCUT2D eigenvalue weighted by Crippen LogP contribution is -2.61. The predicted octanol–water partition coefficient (Wildman–Crippen LogP) is -1.44. The normalized spacial score (nSPS) is 19.3. The van der Waals surface area contributed by atoms with Gasteiger partial charge in [0.05, 0.1) is 41.2 Å². The van der Waals surface area contributed by atoms with Gasteiger partial charge in [-0.3, -0.25) is 76.8 Å². The van der Waals surface area contributed by atoms with Crippen LogP contribution in [0.25, 0.3) is 23.1 Å². The summed E-state index contributed by atoms with van der Waals surface area (Å²) in [5.74, 6) is -13.4. The van der Waals surface area contributed by atoms with Gasteiger partial charge in [0.15, 0.2) is 0 Å². The highest BCUT2D eigenvalue weighted by atomic mass is 32.2. The molecule has 2 aromatic heterocycles. The number of rotatable bonds is 35. The van der Waals surface area contributed by atoms with E-state index in [1.807, 2.05) is 65.4 Å². The van der Waals surface area contributed by atoms with E-state index in [1.165, 1.54) is 18.7 Å². The number of aliphatic hydroxyl groups excluding tert-OH is 2. The molecule has 1 aliphatic heterocycles. The van der Waals surface area contributed by atoms with E-state index >= 15 is 0 Å². The van der Waals surface area contributed by atoms with E-state index in [9.17, 15) is 82.4 Å². The lowest BCUT2D eigenvalue weighted by molar-refractivity contribution is -0.138. The van der Waals surface area contributed by atoms with Crippen LogP contribution in [0.15, 0.2) is 131 Å². The van der Waals surface area contributed by atoms with Gasteiger partial charge in [-0.05, 0) is 169 Å². The molecule has 0 unspecified atom stereocenters. The van der Waals surface area contributed by atoms with E-state index in [-0.39, 0.29) is 95.2 Å². The van der Waals surface area contributed by atoms with E-state index in [0.29, 0.717) is 22.5 Å². The summed E-state index contributed by atoms with van der Waals surface area (Å²) in [6, 6.07) is 18.2. The molecule has 0 spiro atoms. The summed E-state index contributed by atoms with van der Waals surface area (Å²) in [5, 5.41) is 70.3. The van der Waals surface area contributed by atoms with Crippen molar-refractivity contribution >= 4 is 123 Å². The zero-order valence-corrected chi connectivity index (χ0v) is 67.7. The van der Waals surface area contributed by atoms with E-state index in [0.717, 1.165) is 33.2 Å². The number of pyridine rings is 1. The van der Waals surface area contributed by atoms with Gasteiger partial charge in [-0.25, -0.2) is 0 Å². The molecular weight excluding hydrogens is 1560 g/mol. The maximum Gasteiger partial charge on any atom is 0.303 e. The van der Waals surface area contributed by atoms with Crippen molar-refractivity contribution in [2.24, 2.45) is 28.9 Å². The third-order valence-electron chi connectivity index (χ3n) is 19.0. The van der Waals surface area contributed by atoms with Crippen molar-refractivity contribution in [3.05, 3.63) is 150 Å². The summed E-state index contributed by atoms with van der Waals surface area (Å²) in [6.07, 6.45) is -1.82. The van der Waals surface area contributed by atoms with Gasteiger partial charge < -0.3 is 107 Å². The number of aliphatic hydroxyl groups is 2. The Morgan fingerprint density at radius 1 is 0.588 bits per heavy atom. The molecule has 13 amide bonds. The number of benzene rings is 4. The zero-order valence-electron chi connectivity index (χ0n) is 66.8. The summed E-state index contributed by atoms with van der Waals surface area (Å²) in [5.41, 5.74) is 28.0. The number of nitrogens with two attached hydrogens (primary N) is 4. The molecule has 1 fully saturated rings. The second-order valence-electron chi connectivity index (χ2n) is 28.9. The van der Waals surface area contributed by atoms with E-state index < -0.39 is 182 Å². The first-order valence-electron chi connectivity index (χ1n) is 39.1. The lowest BCUT2D eigenvalue weighted by Gasteiger charge is -2.28. The molecule has 4 aromatic carbocycles. The number of fused-ring (bicyclic) bond motifs is 1. The SMILES string of the molecule is CNC(=O)c1ccccc1Sc1ccc2c(/C=C/c3ccccn3)nn(Cc3ccc(NC(=O)[C@H](CCC(=O)O)NC(=O)CCC(=O)N[C@H](C(=O)N[C@@H](CCN)C(=O)N[C@H]4CCNC(=O)[C@H]([C@@H](C)O)NC(=O)[C@H](CCN)NC(=O)[C@H](CCN)NC(=O)[C@H](CC(C)C)NC(=O)[C@@H](Cc5ccccc5)NC(=O)[C@H](CCN)NC4=O)[C@H](C)O)cc3)c2c1. The number of carboxylic acids is 1. The molecule has 6 aromatic rings. The van der Waals surface area contributed by atoms with Crippen LogP contribution in [0.2, 0.25) is 0 Å². The molecule has 24 N–H and O–H groups in total. The van der Waals surface area contributed by atoms with Crippen LogP contribution in [0, 0.1) is 5.92 Å². The van der Waals surface area contributed by atoms with E-state index in [1.54, 1.807) is 93.8 Å². The number of hydrogen-bond acceptors (Lipinski definition) is 23. The summed E-state index contributed by atoms with van der Waals surface area (Å²) in [4.78, 5) is 200. The second kappa shape index (κ2) is 47.4. The van der Waals surface area contributed by atoms with Gasteiger partial charge in [0.25, 0.3) is 5.91 Å². The molecule has 0 bridgehead atoms. The first kappa shape index (κ1) is 94.1. The van der Waals surface area contributed by atoms with Crippen molar-refractivity contribution < 1.29 is 82.4 Å². The van der Waals surface area contributed by atoms with Crippen LogP contribution < -0.4 is 92.1 Å². The Morgan fingerprint density at radius 3 is 1.76 bits per heavy atom. The van der Waals surface area contributed by atoms with Crippen LogP contribution >= 0.6 is 11.8 Å². The summed E-state index contributed by atoms with van der Waals surface area (Å²) < 4.78 is 1.82. The molecule has 37 nitrogen and oxygen atoms in total. The monoisotopic (exact) mass is 1660 g/mol. The quantitative estimate of drug-likeness (QED) is 0.0217. The molecule has 0 radical (unpaired) electrons. The largest absolute Gasteiger partial charge is 0.481 e. The highest BCUT2D eigenvalue weighted by molar-refractivity contribution is 7.99. The van der Waals surface area contributed by atoms with Crippen LogP contribution in [0.5, 0.6) is 0 Å². The highest BCUT2D eigenvalue weighted by Crippen LogP contribution is 2.34. The van der Waals surface area contributed by atoms with Crippen LogP contribution in [0.3, 0.4) is 0 Å². The van der Waals surface area contributed by atoms with Gasteiger partial charge in [-0.15, -0.1) is 0 Å². The van der Waals surface area contributed by atoms with Crippen molar-refractivity contribution in [3.63, 3.8) is 0 Å². The van der Waals surface area contributed by atoms with E-state index in [4.69, 9.17) is 28.0 Å². The minimum Gasteiger partial charge on any atom is -0.481 e. The first-order chi connectivity index (χ1) is 56.9. The smallest absolute Gasteiger partial charge is 0.303 e.